The van der Waals surface area contributed by atoms with Gasteiger partial charge in [0.05, 0.1) is 17.2 Å². The molecule has 1 aromatic carbocycles. The molecular weight excluding hydrogens is 262 g/mol. The number of aromatic nitrogens is 3. The van der Waals surface area contributed by atoms with Crippen LogP contribution in [0.3, 0.4) is 0 Å². The maximum Gasteiger partial charge on any atom is 0.261 e. The van der Waals surface area contributed by atoms with Gasteiger partial charge in [-0.3, -0.25) is 14.3 Å². The molecule has 3 aromatic rings. The Morgan fingerprint density at radius 1 is 1.14 bits per heavy atom. The first-order valence-corrected chi connectivity index (χ1v) is 7.03. The Labute approximate surface area is 123 Å². The Balaban J connectivity index is 1.96. The molecule has 0 bridgehead atoms. The standard InChI is InChI=1S/C17H17N3O/c1-12-6-5-7-14(19-12)10-13(2)20-11-18-16-9-4-3-8-15(16)17(20)21/h3-9,11,13H,10H2,1-2H3/t13-/m0/s1. The largest absolute Gasteiger partial charge is 0.295 e. The molecule has 0 radical (unpaired) electrons. The molecule has 21 heavy (non-hydrogen) atoms. The summed E-state index contributed by atoms with van der Waals surface area (Å²) in [5, 5.41) is 0.657. The van der Waals surface area contributed by atoms with Crippen LogP contribution in [-0.4, -0.2) is 14.5 Å². The molecule has 2 aromatic heterocycles. The molecule has 0 aliphatic heterocycles. The molecule has 0 fully saturated rings. The molecule has 0 amide bonds. The van der Waals surface area contributed by atoms with Crippen LogP contribution in [0.4, 0.5) is 0 Å². The summed E-state index contributed by atoms with van der Waals surface area (Å²) in [5.74, 6) is 0. The van der Waals surface area contributed by atoms with E-state index in [1.807, 2.05) is 56.3 Å². The van der Waals surface area contributed by atoms with Gasteiger partial charge in [-0.05, 0) is 38.1 Å². The third-order valence-electron chi connectivity index (χ3n) is 3.62. The van der Waals surface area contributed by atoms with Gasteiger partial charge in [0.2, 0.25) is 0 Å². The second kappa shape index (κ2) is 5.48. The number of benzene rings is 1. The van der Waals surface area contributed by atoms with E-state index in [2.05, 4.69) is 9.97 Å². The van der Waals surface area contributed by atoms with E-state index < -0.39 is 0 Å². The number of rotatable bonds is 3. The van der Waals surface area contributed by atoms with Crippen molar-refractivity contribution in [3.05, 3.63) is 70.5 Å². The van der Waals surface area contributed by atoms with Crippen LogP contribution >= 0.6 is 0 Å². The van der Waals surface area contributed by atoms with Crippen molar-refractivity contribution in [3.8, 4) is 0 Å². The highest BCUT2D eigenvalue weighted by atomic mass is 16.1. The Kier molecular flexibility index (Phi) is 3.52. The second-order valence-electron chi connectivity index (χ2n) is 5.30. The van der Waals surface area contributed by atoms with Crippen molar-refractivity contribution < 1.29 is 0 Å². The number of fused-ring (bicyclic) bond motifs is 1. The van der Waals surface area contributed by atoms with Crippen LogP contribution in [0.1, 0.15) is 24.4 Å². The summed E-state index contributed by atoms with van der Waals surface area (Å²) >= 11 is 0. The fraction of sp³-hybridized carbons (Fsp3) is 0.235. The van der Waals surface area contributed by atoms with Crippen LogP contribution in [0.2, 0.25) is 0 Å². The summed E-state index contributed by atoms with van der Waals surface area (Å²) in [7, 11) is 0. The van der Waals surface area contributed by atoms with E-state index in [0.29, 0.717) is 11.8 Å². The molecular formula is C17H17N3O. The lowest BCUT2D eigenvalue weighted by Gasteiger charge is -2.15. The molecule has 4 heteroatoms. The SMILES string of the molecule is Cc1cccc(C[C@H](C)n2cnc3ccccc3c2=O)n1. The molecule has 4 nitrogen and oxygen atoms in total. The number of hydrogen-bond donors (Lipinski definition) is 0. The minimum absolute atomic E-state index is 0.000697. The minimum atomic E-state index is 0.000697. The van der Waals surface area contributed by atoms with Crippen molar-refractivity contribution in [3.63, 3.8) is 0 Å². The van der Waals surface area contributed by atoms with Crippen molar-refractivity contribution in [1.29, 1.82) is 0 Å². The lowest BCUT2D eigenvalue weighted by atomic mass is 10.1. The molecule has 0 saturated heterocycles. The van der Waals surface area contributed by atoms with Gasteiger partial charge in [-0.1, -0.05) is 18.2 Å². The maximum absolute atomic E-state index is 12.5. The van der Waals surface area contributed by atoms with E-state index in [0.717, 1.165) is 16.9 Å². The van der Waals surface area contributed by atoms with Crippen molar-refractivity contribution in [2.45, 2.75) is 26.3 Å². The van der Waals surface area contributed by atoms with Gasteiger partial charge in [0.15, 0.2) is 0 Å². The zero-order valence-corrected chi connectivity index (χ0v) is 12.2. The maximum atomic E-state index is 12.5. The quantitative estimate of drug-likeness (QED) is 0.740. The molecule has 0 aliphatic rings. The number of hydrogen-bond acceptors (Lipinski definition) is 3. The number of para-hydroxylation sites is 1. The Morgan fingerprint density at radius 2 is 1.95 bits per heavy atom. The molecule has 0 spiro atoms. The van der Waals surface area contributed by atoms with Gasteiger partial charge in [-0.25, -0.2) is 4.98 Å². The molecule has 106 valence electrons. The first kappa shape index (κ1) is 13.5. The topological polar surface area (TPSA) is 47.8 Å². The second-order valence-corrected chi connectivity index (χ2v) is 5.30. The van der Waals surface area contributed by atoms with E-state index in [1.165, 1.54) is 0 Å². The molecule has 0 unspecified atom stereocenters. The van der Waals surface area contributed by atoms with Crippen molar-refractivity contribution >= 4 is 10.9 Å². The zero-order valence-electron chi connectivity index (χ0n) is 12.2. The van der Waals surface area contributed by atoms with Crippen molar-refractivity contribution in [2.75, 3.05) is 0 Å². The normalized spacial score (nSPS) is 12.5. The van der Waals surface area contributed by atoms with E-state index in [-0.39, 0.29) is 11.6 Å². The van der Waals surface area contributed by atoms with Gasteiger partial charge in [-0.15, -0.1) is 0 Å². The van der Waals surface area contributed by atoms with Gasteiger partial charge < -0.3 is 0 Å². The van der Waals surface area contributed by atoms with Crippen LogP contribution in [0.25, 0.3) is 10.9 Å². The summed E-state index contributed by atoms with van der Waals surface area (Å²) in [6, 6.07) is 13.4. The van der Waals surface area contributed by atoms with Crippen molar-refractivity contribution in [2.24, 2.45) is 0 Å². The summed E-state index contributed by atoms with van der Waals surface area (Å²) in [6.07, 6.45) is 2.34. The van der Waals surface area contributed by atoms with E-state index >= 15 is 0 Å². The van der Waals surface area contributed by atoms with Gasteiger partial charge in [-0.2, -0.15) is 0 Å². The lowest BCUT2D eigenvalue weighted by Crippen LogP contribution is -2.25. The van der Waals surface area contributed by atoms with Crippen LogP contribution in [0.15, 0.2) is 53.6 Å². The number of aryl methyl sites for hydroxylation is 1. The lowest BCUT2D eigenvalue weighted by molar-refractivity contribution is 0.517. The predicted octanol–water partition coefficient (Wildman–Crippen LogP) is 2.90. The monoisotopic (exact) mass is 279 g/mol. The summed E-state index contributed by atoms with van der Waals surface area (Å²) < 4.78 is 1.69. The third kappa shape index (κ3) is 2.70. The number of pyridine rings is 1. The zero-order chi connectivity index (χ0) is 14.8. The summed E-state index contributed by atoms with van der Waals surface area (Å²) in [5.41, 5.74) is 2.71. The van der Waals surface area contributed by atoms with Gasteiger partial charge in [0, 0.05) is 23.9 Å². The van der Waals surface area contributed by atoms with Gasteiger partial charge in [0.25, 0.3) is 5.56 Å². The average Bonchev–Trinajstić information content (AvgIpc) is 2.48. The van der Waals surface area contributed by atoms with E-state index in [1.54, 1.807) is 10.9 Å². The Hall–Kier alpha value is -2.49. The highest BCUT2D eigenvalue weighted by Gasteiger charge is 2.11. The predicted molar refractivity (Wildman–Crippen MR) is 83.4 cm³/mol. The fourth-order valence-electron chi connectivity index (χ4n) is 2.51. The summed E-state index contributed by atoms with van der Waals surface area (Å²) in [6.45, 7) is 3.99. The first-order chi connectivity index (χ1) is 10.1. The molecule has 1 atom stereocenters. The van der Waals surface area contributed by atoms with Crippen molar-refractivity contribution in [1.82, 2.24) is 14.5 Å². The summed E-state index contributed by atoms with van der Waals surface area (Å²) in [4.78, 5) is 21.4. The Morgan fingerprint density at radius 3 is 2.76 bits per heavy atom. The van der Waals surface area contributed by atoms with Gasteiger partial charge >= 0.3 is 0 Å². The van der Waals surface area contributed by atoms with Gasteiger partial charge in [0.1, 0.15) is 0 Å². The Bertz CT molecular complexity index is 839. The molecule has 3 rings (SSSR count). The van der Waals surface area contributed by atoms with Crippen LogP contribution < -0.4 is 5.56 Å². The number of nitrogens with zero attached hydrogens (tertiary/aromatic N) is 3. The first-order valence-electron chi connectivity index (χ1n) is 7.03. The molecule has 2 heterocycles. The average molecular weight is 279 g/mol. The van der Waals surface area contributed by atoms with Crippen LogP contribution in [0, 0.1) is 6.92 Å². The van der Waals surface area contributed by atoms with Crippen LogP contribution in [-0.2, 0) is 6.42 Å². The molecule has 0 saturated carbocycles. The smallest absolute Gasteiger partial charge is 0.261 e. The molecule has 0 aliphatic carbocycles. The van der Waals surface area contributed by atoms with E-state index in [9.17, 15) is 4.79 Å². The highest BCUT2D eigenvalue weighted by molar-refractivity contribution is 5.76. The minimum Gasteiger partial charge on any atom is -0.295 e. The fourth-order valence-corrected chi connectivity index (χ4v) is 2.51. The third-order valence-corrected chi connectivity index (χ3v) is 3.62. The highest BCUT2D eigenvalue weighted by Crippen LogP contribution is 2.12. The van der Waals surface area contributed by atoms with Crippen LogP contribution in [0.5, 0.6) is 0 Å². The molecule has 0 N–H and O–H groups in total. The van der Waals surface area contributed by atoms with E-state index in [4.69, 9.17) is 0 Å².